The van der Waals surface area contributed by atoms with Crippen LogP contribution in [0.15, 0.2) is 182 Å². The Balaban J connectivity index is 4.43. The maximum Gasteiger partial charge on any atom is 0.306 e. The third-order valence-electron chi connectivity index (χ3n) is 11.4. The number of esters is 3. The van der Waals surface area contributed by atoms with E-state index in [1.807, 2.05) is 0 Å². The van der Waals surface area contributed by atoms with E-state index in [0.29, 0.717) is 19.3 Å². The molecule has 0 N–H and O–H groups in total. The average molecular weight is 1030 g/mol. The number of carbonyl (C=O) groups is 3. The molecule has 6 heteroatoms. The second-order valence-electron chi connectivity index (χ2n) is 18.4. The van der Waals surface area contributed by atoms with E-state index in [1.165, 1.54) is 25.7 Å². The second-order valence-corrected chi connectivity index (χ2v) is 18.4. The van der Waals surface area contributed by atoms with Gasteiger partial charge in [0.1, 0.15) is 13.2 Å². The highest BCUT2D eigenvalue weighted by Crippen LogP contribution is 2.11. The van der Waals surface area contributed by atoms with Crippen molar-refractivity contribution in [2.45, 2.75) is 219 Å². The highest BCUT2D eigenvalue weighted by Gasteiger charge is 2.19. The minimum Gasteiger partial charge on any atom is -0.462 e. The molecule has 75 heavy (non-hydrogen) atoms. The fourth-order valence-corrected chi connectivity index (χ4v) is 7.09. The fourth-order valence-electron chi connectivity index (χ4n) is 7.09. The van der Waals surface area contributed by atoms with Crippen LogP contribution in [0.5, 0.6) is 0 Å². The third kappa shape index (κ3) is 59.3. The third-order valence-corrected chi connectivity index (χ3v) is 11.4. The lowest BCUT2D eigenvalue weighted by Gasteiger charge is -2.18. The Bertz CT molecular complexity index is 1800. The molecule has 0 aliphatic rings. The molecular weight excluding hydrogens is 925 g/mol. The van der Waals surface area contributed by atoms with E-state index in [9.17, 15) is 14.4 Å². The Morgan fingerprint density at radius 2 is 0.533 bits per heavy atom. The molecule has 0 saturated carbocycles. The van der Waals surface area contributed by atoms with E-state index in [2.05, 4.69) is 203 Å². The number of allylic oxidation sites excluding steroid dienone is 30. The van der Waals surface area contributed by atoms with E-state index in [0.717, 1.165) is 135 Å². The minimum absolute atomic E-state index is 0.124. The molecule has 6 nitrogen and oxygen atoms in total. The molecule has 1 unspecified atom stereocenters. The molecule has 0 amide bonds. The highest BCUT2D eigenvalue weighted by atomic mass is 16.6. The first-order chi connectivity index (χ1) is 37.0. The van der Waals surface area contributed by atoms with Crippen molar-refractivity contribution in [2.24, 2.45) is 0 Å². The van der Waals surface area contributed by atoms with Gasteiger partial charge in [-0.3, -0.25) is 14.4 Å². The van der Waals surface area contributed by atoms with E-state index in [-0.39, 0.29) is 44.0 Å². The lowest BCUT2D eigenvalue weighted by Crippen LogP contribution is -2.30. The molecular formula is C69H104O6. The molecule has 0 aromatic rings. The molecule has 0 radical (unpaired) electrons. The molecule has 0 aromatic carbocycles. The van der Waals surface area contributed by atoms with Crippen LogP contribution in [-0.2, 0) is 28.6 Å². The smallest absolute Gasteiger partial charge is 0.306 e. The molecule has 0 rings (SSSR count). The van der Waals surface area contributed by atoms with Gasteiger partial charge < -0.3 is 14.2 Å². The molecule has 1 atom stereocenters. The quantitative estimate of drug-likeness (QED) is 0.0261. The first kappa shape index (κ1) is 69.5. The lowest BCUT2D eigenvalue weighted by atomic mass is 10.1. The van der Waals surface area contributed by atoms with Crippen LogP contribution in [0, 0.1) is 0 Å². The summed E-state index contributed by atoms with van der Waals surface area (Å²) in [7, 11) is 0. The normalized spacial score (nSPS) is 13.5. The van der Waals surface area contributed by atoms with Crippen LogP contribution in [0.2, 0.25) is 0 Å². The number of hydrogen-bond donors (Lipinski definition) is 0. The summed E-state index contributed by atoms with van der Waals surface area (Å²) in [4.78, 5) is 38.0. The summed E-state index contributed by atoms with van der Waals surface area (Å²) < 4.78 is 16.7. The van der Waals surface area contributed by atoms with Crippen LogP contribution >= 0.6 is 0 Å². The van der Waals surface area contributed by atoms with Crippen molar-refractivity contribution in [3.05, 3.63) is 182 Å². The first-order valence-corrected chi connectivity index (χ1v) is 29.3. The fraction of sp³-hybridized carbons (Fsp3) is 0.522. The monoisotopic (exact) mass is 1030 g/mol. The minimum atomic E-state index is -0.835. The summed E-state index contributed by atoms with van der Waals surface area (Å²) in [5, 5.41) is 0. The Morgan fingerprint density at radius 3 is 0.853 bits per heavy atom. The van der Waals surface area contributed by atoms with Crippen LogP contribution in [0.4, 0.5) is 0 Å². The van der Waals surface area contributed by atoms with Crippen molar-refractivity contribution in [1.82, 2.24) is 0 Å². The molecule has 0 aliphatic carbocycles. The Hall–Kier alpha value is -5.49. The van der Waals surface area contributed by atoms with Gasteiger partial charge in [0.2, 0.25) is 0 Å². The van der Waals surface area contributed by atoms with Gasteiger partial charge in [0.15, 0.2) is 6.10 Å². The Labute approximate surface area is 459 Å². The van der Waals surface area contributed by atoms with E-state index in [4.69, 9.17) is 14.2 Å². The van der Waals surface area contributed by atoms with Crippen molar-refractivity contribution < 1.29 is 28.6 Å². The number of hydrogen-bond acceptors (Lipinski definition) is 6. The van der Waals surface area contributed by atoms with Crippen molar-refractivity contribution in [1.29, 1.82) is 0 Å². The van der Waals surface area contributed by atoms with Gasteiger partial charge in [0.25, 0.3) is 0 Å². The van der Waals surface area contributed by atoms with Crippen LogP contribution < -0.4 is 0 Å². The van der Waals surface area contributed by atoms with Gasteiger partial charge in [-0.2, -0.15) is 0 Å². The highest BCUT2D eigenvalue weighted by molar-refractivity contribution is 5.71. The van der Waals surface area contributed by atoms with Gasteiger partial charge in [0.05, 0.1) is 0 Å². The van der Waals surface area contributed by atoms with Crippen molar-refractivity contribution in [3.63, 3.8) is 0 Å². The Morgan fingerprint density at radius 1 is 0.280 bits per heavy atom. The summed E-state index contributed by atoms with van der Waals surface area (Å²) in [6.07, 6.45) is 92.0. The topological polar surface area (TPSA) is 78.9 Å². The van der Waals surface area contributed by atoms with E-state index in [1.54, 1.807) is 0 Å². The molecule has 0 heterocycles. The van der Waals surface area contributed by atoms with Gasteiger partial charge in [-0.05, 0) is 135 Å². The molecule has 0 saturated heterocycles. The first-order valence-electron chi connectivity index (χ1n) is 29.3. The molecule has 0 fully saturated rings. The predicted octanol–water partition coefficient (Wildman–Crippen LogP) is 20.1. The van der Waals surface area contributed by atoms with Gasteiger partial charge >= 0.3 is 17.9 Å². The SMILES string of the molecule is CC/C=C\C/C=C\C/C=C\C/C=C\C/C=C\C/C=C\C/C=C\C/C=C\CCCCC(=O)OCC(COC(=O)CCCCCCCCC)OC(=O)CCC/C=C\C/C=C\C/C=C\C/C=C\C/C=C\C/C=C\C/C=C\CC. The zero-order chi connectivity index (χ0) is 54.3. The maximum absolute atomic E-state index is 12.8. The van der Waals surface area contributed by atoms with Gasteiger partial charge in [-0.25, -0.2) is 0 Å². The van der Waals surface area contributed by atoms with Crippen LogP contribution in [-0.4, -0.2) is 37.2 Å². The molecule has 0 bridgehead atoms. The van der Waals surface area contributed by atoms with Crippen LogP contribution in [0.1, 0.15) is 213 Å². The van der Waals surface area contributed by atoms with Crippen LogP contribution in [0.25, 0.3) is 0 Å². The second kappa shape index (κ2) is 61.1. The van der Waals surface area contributed by atoms with Crippen LogP contribution in [0.3, 0.4) is 0 Å². The summed E-state index contributed by atoms with van der Waals surface area (Å²) in [5.74, 6) is -1.05. The van der Waals surface area contributed by atoms with E-state index < -0.39 is 6.10 Å². The number of rotatable bonds is 50. The van der Waals surface area contributed by atoms with Crippen molar-refractivity contribution in [2.75, 3.05) is 13.2 Å². The summed E-state index contributed by atoms with van der Waals surface area (Å²) in [5.41, 5.74) is 0. The number of unbranched alkanes of at least 4 members (excludes halogenated alkanes) is 9. The zero-order valence-electron chi connectivity index (χ0n) is 47.5. The maximum atomic E-state index is 12.8. The molecule has 0 spiro atoms. The standard InChI is InChI=1S/C69H104O6/c1-4-7-10-13-16-18-20-22-24-26-28-30-32-33-34-35-37-38-40-42-44-46-48-50-53-56-59-62-68(71)74-65-66(64-73-67(70)61-58-55-52-15-12-9-6-3)75-69(72)63-60-57-54-51-49-47-45-43-41-39-36-31-29-27-25-23-21-19-17-14-11-8-5-2/h7-8,10-11,16-19,22-25,28-31,33-34,37-39,41-42,44-45,47-48,50-51,54,66H,4-6,9,12-15,20-21,26-27,32,35-36,40,43,46,49,52-53,55-65H2,1-3H3/b10-7-,11-8-,18-16-,19-17-,24-22-,25-23-,30-28-,31-29-,34-33-,38-37-,41-39-,44-42-,47-45-,50-48-,54-51-. The average Bonchev–Trinajstić information content (AvgIpc) is 3.41. The van der Waals surface area contributed by atoms with Crippen molar-refractivity contribution in [3.8, 4) is 0 Å². The molecule has 0 aliphatic heterocycles. The Kier molecular flexibility index (Phi) is 56.6. The summed E-state index contributed by atoms with van der Waals surface area (Å²) >= 11 is 0. The molecule has 416 valence electrons. The molecule has 0 aromatic heterocycles. The van der Waals surface area contributed by atoms with Gasteiger partial charge in [0, 0.05) is 19.3 Å². The van der Waals surface area contributed by atoms with Crippen molar-refractivity contribution >= 4 is 17.9 Å². The number of ether oxygens (including phenoxy) is 3. The summed E-state index contributed by atoms with van der Waals surface area (Å²) in [6, 6.07) is 0. The van der Waals surface area contributed by atoms with Gasteiger partial charge in [-0.15, -0.1) is 0 Å². The lowest BCUT2D eigenvalue weighted by molar-refractivity contribution is -0.167. The van der Waals surface area contributed by atoms with E-state index >= 15 is 0 Å². The summed E-state index contributed by atoms with van der Waals surface area (Å²) in [6.45, 7) is 6.25. The number of carbonyl (C=O) groups excluding carboxylic acids is 3. The largest absolute Gasteiger partial charge is 0.462 e. The predicted molar refractivity (Wildman–Crippen MR) is 324 cm³/mol. The zero-order valence-corrected chi connectivity index (χ0v) is 47.5. The van der Waals surface area contributed by atoms with Gasteiger partial charge in [-0.1, -0.05) is 242 Å².